The lowest BCUT2D eigenvalue weighted by Crippen LogP contribution is -2.23. The summed E-state index contributed by atoms with van der Waals surface area (Å²) in [6, 6.07) is 21.0. The zero-order valence-corrected chi connectivity index (χ0v) is 18.8. The number of carbonyl (C=O) groups is 1. The molecular weight excluding hydrogens is 424 g/mol. The molecule has 0 aliphatic carbocycles. The maximum absolute atomic E-state index is 11.8. The van der Waals surface area contributed by atoms with Crippen molar-refractivity contribution in [2.24, 2.45) is 0 Å². The van der Waals surface area contributed by atoms with Crippen molar-refractivity contribution in [1.29, 1.82) is 0 Å². The summed E-state index contributed by atoms with van der Waals surface area (Å²) in [5.41, 5.74) is 5.84. The monoisotopic (exact) mass is 448 g/mol. The van der Waals surface area contributed by atoms with Gasteiger partial charge in [-0.1, -0.05) is 36.4 Å². The third kappa shape index (κ3) is 4.65. The topological polar surface area (TPSA) is 93.1 Å². The second-order valence-electron chi connectivity index (χ2n) is 7.76. The van der Waals surface area contributed by atoms with Gasteiger partial charge in [0.2, 0.25) is 15.9 Å². The predicted octanol–water partition coefficient (Wildman–Crippen LogP) is 4.26. The minimum absolute atomic E-state index is 0.0782. The number of aromatic nitrogens is 2. The Hall–Kier alpha value is -3.65. The summed E-state index contributed by atoms with van der Waals surface area (Å²) in [5, 5.41) is 2.89. The molecule has 3 aromatic carbocycles. The highest BCUT2D eigenvalue weighted by molar-refractivity contribution is 7.92. The summed E-state index contributed by atoms with van der Waals surface area (Å²) in [7, 11) is -3.40. The number of hydrogen-bond acceptors (Lipinski definition) is 4. The molecule has 4 aromatic rings. The Kier molecular flexibility index (Phi) is 5.71. The van der Waals surface area contributed by atoms with Gasteiger partial charge in [-0.05, 0) is 48.4 Å². The van der Waals surface area contributed by atoms with Crippen LogP contribution in [-0.4, -0.2) is 30.1 Å². The first-order valence-electron chi connectivity index (χ1n) is 10.1. The van der Waals surface area contributed by atoms with E-state index in [1.54, 1.807) is 18.5 Å². The lowest BCUT2D eigenvalue weighted by Gasteiger charge is -2.14. The van der Waals surface area contributed by atoms with Crippen LogP contribution in [0.4, 0.5) is 5.69 Å². The SMILES string of the molecule is CC(=O)NC(C)c1ccc2c(c1)ncn2-c1cccc(-c2ccccc2NS(C)(=O)=O)c1. The molecule has 1 amide bonds. The number of fused-ring (bicyclic) bond motifs is 1. The van der Waals surface area contributed by atoms with Gasteiger partial charge in [0.15, 0.2) is 0 Å². The van der Waals surface area contributed by atoms with E-state index in [1.165, 1.54) is 6.92 Å². The molecule has 0 saturated heterocycles. The molecule has 2 N–H and O–H groups in total. The molecule has 1 aromatic heterocycles. The zero-order valence-electron chi connectivity index (χ0n) is 18.0. The third-order valence-corrected chi connectivity index (χ3v) is 5.74. The Morgan fingerprint density at radius 1 is 1.03 bits per heavy atom. The largest absolute Gasteiger partial charge is 0.350 e. The van der Waals surface area contributed by atoms with Crippen molar-refractivity contribution in [2.75, 3.05) is 11.0 Å². The van der Waals surface area contributed by atoms with Crippen molar-refractivity contribution >= 4 is 32.7 Å². The van der Waals surface area contributed by atoms with E-state index in [9.17, 15) is 13.2 Å². The fraction of sp³-hybridized carbons (Fsp3) is 0.167. The van der Waals surface area contributed by atoms with E-state index >= 15 is 0 Å². The van der Waals surface area contributed by atoms with E-state index in [0.29, 0.717) is 5.69 Å². The Bertz CT molecular complexity index is 1410. The van der Waals surface area contributed by atoms with Crippen LogP contribution in [0.1, 0.15) is 25.5 Å². The number of amides is 1. The summed E-state index contributed by atoms with van der Waals surface area (Å²) in [6.07, 6.45) is 2.90. The summed E-state index contributed by atoms with van der Waals surface area (Å²) in [4.78, 5) is 15.9. The molecule has 0 radical (unpaired) electrons. The molecule has 8 heteroatoms. The second kappa shape index (κ2) is 8.47. The summed E-state index contributed by atoms with van der Waals surface area (Å²) < 4.78 is 28.1. The maximum atomic E-state index is 11.8. The third-order valence-electron chi connectivity index (χ3n) is 5.15. The average molecular weight is 449 g/mol. The average Bonchev–Trinajstić information content (AvgIpc) is 3.16. The van der Waals surface area contributed by atoms with Crippen LogP contribution in [0.5, 0.6) is 0 Å². The molecule has 0 bridgehead atoms. The van der Waals surface area contributed by atoms with Crippen molar-refractivity contribution in [3.63, 3.8) is 0 Å². The minimum atomic E-state index is -3.40. The lowest BCUT2D eigenvalue weighted by molar-refractivity contribution is -0.119. The number of carbonyl (C=O) groups excluding carboxylic acids is 1. The summed E-state index contributed by atoms with van der Waals surface area (Å²) in [6.45, 7) is 3.44. The summed E-state index contributed by atoms with van der Waals surface area (Å²) >= 11 is 0. The van der Waals surface area contributed by atoms with Crippen LogP contribution in [0, 0.1) is 0 Å². The highest BCUT2D eigenvalue weighted by Gasteiger charge is 2.13. The molecule has 1 heterocycles. The first kappa shape index (κ1) is 21.6. The standard InChI is InChI=1S/C24H24N4O3S/c1-16(26-17(2)29)18-11-12-24-23(14-18)25-15-28(24)20-8-6-7-19(13-20)21-9-4-5-10-22(21)27-32(3,30)31/h4-16,27H,1-3H3,(H,26,29). The minimum Gasteiger partial charge on any atom is -0.350 e. The molecule has 1 unspecified atom stereocenters. The van der Waals surface area contributed by atoms with Gasteiger partial charge in [0, 0.05) is 18.2 Å². The van der Waals surface area contributed by atoms with Gasteiger partial charge in [0.05, 0.1) is 29.0 Å². The Labute approximate surface area is 187 Å². The van der Waals surface area contributed by atoms with Crippen molar-refractivity contribution in [1.82, 2.24) is 14.9 Å². The van der Waals surface area contributed by atoms with Crippen LogP contribution in [0.2, 0.25) is 0 Å². The number of nitrogens with zero attached hydrogens (tertiary/aromatic N) is 2. The molecule has 7 nitrogen and oxygen atoms in total. The Morgan fingerprint density at radius 3 is 2.56 bits per heavy atom. The fourth-order valence-electron chi connectivity index (χ4n) is 3.74. The second-order valence-corrected chi connectivity index (χ2v) is 9.50. The van der Waals surface area contributed by atoms with Crippen molar-refractivity contribution in [3.05, 3.63) is 78.6 Å². The highest BCUT2D eigenvalue weighted by Crippen LogP contribution is 2.31. The van der Waals surface area contributed by atoms with Crippen LogP contribution < -0.4 is 10.0 Å². The first-order chi connectivity index (χ1) is 15.2. The molecule has 0 saturated carbocycles. The zero-order chi connectivity index (χ0) is 22.9. The van der Waals surface area contributed by atoms with E-state index in [1.807, 2.05) is 66.1 Å². The summed E-state index contributed by atoms with van der Waals surface area (Å²) in [5.74, 6) is -0.0782. The normalized spacial score (nSPS) is 12.5. The molecule has 1 atom stereocenters. The molecule has 0 aliphatic rings. The number of sulfonamides is 1. The molecule has 0 fully saturated rings. The number of anilines is 1. The molecule has 164 valence electrons. The van der Waals surface area contributed by atoms with Gasteiger partial charge in [0.1, 0.15) is 6.33 Å². The van der Waals surface area contributed by atoms with Gasteiger partial charge < -0.3 is 5.32 Å². The van der Waals surface area contributed by atoms with Crippen molar-refractivity contribution in [3.8, 4) is 16.8 Å². The van der Waals surface area contributed by atoms with E-state index in [2.05, 4.69) is 15.0 Å². The fourth-order valence-corrected chi connectivity index (χ4v) is 4.32. The van der Waals surface area contributed by atoms with E-state index in [4.69, 9.17) is 0 Å². The van der Waals surface area contributed by atoms with E-state index in [0.717, 1.165) is 39.7 Å². The molecule has 4 rings (SSSR count). The number of nitrogens with one attached hydrogen (secondary N) is 2. The van der Waals surface area contributed by atoms with Gasteiger partial charge in [-0.3, -0.25) is 14.1 Å². The number of rotatable bonds is 6. The van der Waals surface area contributed by atoms with E-state index in [-0.39, 0.29) is 11.9 Å². The van der Waals surface area contributed by atoms with Crippen molar-refractivity contribution in [2.45, 2.75) is 19.9 Å². The first-order valence-corrected chi connectivity index (χ1v) is 12.0. The predicted molar refractivity (Wildman–Crippen MR) is 127 cm³/mol. The Balaban J connectivity index is 1.73. The maximum Gasteiger partial charge on any atom is 0.229 e. The molecule has 32 heavy (non-hydrogen) atoms. The van der Waals surface area contributed by atoms with Crippen LogP contribution in [-0.2, 0) is 14.8 Å². The van der Waals surface area contributed by atoms with Gasteiger partial charge >= 0.3 is 0 Å². The number of para-hydroxylation sites is 1. The van der Waals surface area contributed by atoms with Crippen LogP contribution >= 0.6 is 0 Å². The van der Waals surface area contributed by atoms with E-state index < -0.39 is 10.0 Å². The van der Waals surface area contributed by atoms with Crippen LogP contribution in [0.15, 0.2) is 73.1 Å². The van der Waals surface area contributed by atoms with Crippen molar-refractivity contribution < 1.29 is 13.2 Å². The van der Waals surface area contributed by atoms with Gasteiger partial charge in [-0.15, -0.1) is 0 Å². The number of hydrogen-bond donors (Lipinski definition) is 2. The number of benzene rings is 3. The highest BCUT2D eigenvalue weighted by atomic mass is 32.2. The van der Waals surface area contributed by atoms with Gasteiger partial charge in [0.25, 0.3) is 0 Å². The molecule has 0 spiro atoms. The smallest absolute Gasteiger partial charge is 0.229 e. The van der Waals surface area contributed by atoms with Gasteiger partial charge in [-0.2, -0.15) is 0 Å². The molecule has 0 aliphatic heterocycles. The number of imidazole rings is 1. The quantitative estimate of drug-likeness (QED) is 0.461. The molecular formula is C24H24N4O3S. The van der Waals surface area contributed by atoms with Gasteiger partial charge in [-0.25, -0.2) is 13.4 Å². The Morgan fingerprint density at radius 2 is 1.81 bits per heavy atom. The lowest BCUT2D eigenvalue weighted by atomic mass is 10.0. The van der Waals surface area contributed by atoms with Crippen LogP contribution in [0.3, 0.4) is 0 Å². The van der Waals surface area contributed by atoms with Crippen LogP contribution in [0.25, 0.3) is 27.8 Å².